The first-order chi connectivity index (χ1) is 7.32. The van der Waals surface area contributed by atoms with E-state index in [4.69, 9.17) is 5.21 Å². The Morgan fingerprint density at radius 3 is 2.38 bits per heavy atom. The van der Waals surface area contributed by atoms with Gasteiger partial charge in [0.1, 0.15) is 0 Å². The molecule has 8 heteroatoms. The highest BCUT2D eigenvalue weighted by molar-refractivity contribution is 6.01. The van der Waals surface area contributed by atoms with Crippen molar-refractivity contribution in [3.8, 4) is 0 Å². The largest absolute Gasteiger partial charge is 0.481 e. The van der Waals surface area contributed by atoms with E-state index in [0.717, 1.165) is 0 Å². The SMILES string of the molecule is CNC(=O)C(C(=NO)OC)C(C)(C)[N+](=O)[O-]. The summed E-state index contributed by atoms with van der Waals surface area (Å²) in [4.78, 5) is 21.8. The molecule has 8 nitrogen and oxygen atoms in total. The fraction of sp³-hybridized carbons (Fsp3) is 0.750. The summed E-state index contributed by atoms with van der Waals surface area (Å²) in [6.07, 6.45) is 0. The second-order valence-corrected chi connectivity index (χ2v) is 3.60. The fourth-order valence-corrected chi connectivity index (χ4v) is 1.20. The predicted molar refractivity (Wildman–Crippen MR) is 54.9 cm³/mol. The summed E-state index contributed by atoms with van der Waals surface area (Å²) >= 11 is 0. The topological polar surface area (TPSA) is 114 Å². The zero-order valence-corrected chi connectivity index (χ0v) is 9.55. The molecule has 1 amide bonds. The molecule has 0 rings (SSSR count). The van der Waals surface area contributed by atoms with Crippen molar-refractivity contribution in [3.63, 3.8) is 0 Å². The quantitative estimate of drug-likeness (QED) is 0.230. The summed E-state index contributed by atoms with van der Waals surface area (Å²) in [6, 6.07) is 0. The van der Waals surface area contributed by atoms with Gasteiger partial charge in [-0.25, -0.2) is 0 Å². The third kappa shape index (κ3) is 2.59. The van der Waals surface area contributed by atoms with Crippen LogP contribution in [0.3, 0.4) is 0 Å². The second-order valence-electron chi connectivity index (χ2n) is 3.60. The van der Waals surface area contributed by atoms with Gasteiger partial charge in [-0.1, -0.05) is 5.16 Å². The van der Waals surface area contributed by atoms with Crippen molar-refractivity contribution >= 4 is 11.8 Å². The Labute approximate surface area is 92.4 Å². The number of nitro groups is 1. The van der Waals surface area contributed by atoms with Crippen molar-refractivity contribution in [2.75, 3.05) is 14.2 Å². The Kier molecular flexibility index (Phi) is 4.67. The third-order valence-electron chi connectivity index (χ3n) is 2.24. The summed E-state index contributed by atoms with van der Waals surface area (Å²) in [5, 5.41) is 24.5. The van der Waals surface area contributed by atoms with Crippen molar-refractivity contribution < 1.29 is 19.7 Å². The zero-order valence-electron chi connectivity index (χ0n) is 9.55. The summed E-state index contributed by atoms with van der Waals surface area (Å²) in [7, 11) is 2.50. The molecule has 0 saturated heterocycles. The van der Waals surface area contributed by atoms with Crippen LogP contribution < -0.4 is 5.32 Å². The Morgan fingerprint density at radius 1 is 1.62 bits per heavy atom. The number of nitrogens with one attached hydrogen (secondary N) is 1. The van der Waals surface area contributed by atoms with Crippen LogP contribution in [-0.2, 0) is 9.53 Å². The van der Waals surface area contributed by atoms with Gasteiger partial charge in [0, 0.05) is 25.8 Å². The number of amides is 1. The first-order valence-corrected chi connectivity index (χ1v) is 4.44. The maximum Gasteiger partial charge on any atom is 0.245 e. The van der Waals surface area contributed by atoms with Crippen LogP contribution in [0, 0.1) is 16.0 Å². The van der Waals surface area contributed by atoms with Gasteiger partial charge in [0.05, 0.1) is 7.11 Å². The number of oxime groups is 1. The van der Waals surface area contributed by atoms with E-state index >= 15 is 0 Å². The summed E-state index contributed by atoms with van der Waals surface area (Å²) in [5.41, 5.74) is -1.64. The van der Waals surface area contributed by atoms with E-state index in [-0.39, 0.29) is 0 Å². The molecular weight excluding hydrogens is 218 g/mol. The van der Waals surface area contributed by atoms with E-state index in [1.165, 1.54) is 28.0 Å². The first-order valence-electron chi connectivity index (χ1n) is 4.44. The number of ether oxygens (including phenoxy) is 1. The molecule has 0 heterocycles. The van der Waals surface area contributed by atoms with Gasteiger partial charge in [-0.3, -0.25) is 14.9 Å². The molecule has 0 aliphatic heterocycles. The van der Waals surface area contributed by atoms with Gasteiger partial charge < -0.3 is 15.3 Å². The molecule has 0 radical (unpaired) electrons. The highest BCUT2D eigenvalue weighted by atomic mass is 16.6. The van der Waals surface area contributed by atoms with Crippen molar-refractivity contribution in [1.82, 2.24) is 5.32 Å². The van der Waals surface area contributed by atoms with Crippen molar-refractivity contribution in [3.05, 3.63) is 10.1 Å². The molecule has 0 aliphatic rings. The van der Waals surface area contributed by atoms with E-state index in [9.17, 15) is 14.9 Å². The minimum absolute atomic E-state index is 0.402. The number of carbonyl (C=O) groups excluding carboxylic acids is 1. The van der Waals surface area contributed by atoms with Crippen molar-refractivity contribution in [2.24, 2.45) is 11.1 Å². The van der Waals surface area contributed by atoms with Crippen molar-refractivity contribution in [1.29, 1.82) is 0 Å². The lowest BCUT2D eigenvalue weighted by molar-refractivity contribution is -0.564. The average molecular weight is 233 g/mol. The smallest absolute Gasteiger partial charge is 0.245 e. The molecular formula is C8H15N3O5. The van der Waals surface area contributed by atoms with Gasteiger partial charge >= 0.3 is 0 Å². The molecule has 0 aromatic rings. The van der Waals surface area contributed by atoms with Gasteiger partial charge in [-0.15, -0.1) is 0 Å². The Bertz CT molecular complexity index is 313. The van der Waals surface area contributed by atoms with Crippen LogP contribution in [0.4, 0.5) is 0 Å². The molecule has 0 aliphatic carbocycles. The lowest BCUT2D eigenvalue weighted by atomic mass is 9.87. The minimum atomic E-state index is -1.64. The van der Waals surface area contributed by atoms with Crippen LogP contribution in [0.25, 0.3) is 0 Å². The number of methoxy groups -OCH3 is 1. The normalized spacial score (nSPS) is 14.1. The number of hydrogen-bond acceptors (Lipinski definition) is 6. The van der Waals surface area contributed by atoms with Crippen molar-refractivity contribution in [2.45, 2.75) is 19.4 Å². The molecule has 16 heavy (non-hydrogen) atoms. The van der Waals surface area contributed by atoms with E-state index in [1.54, 1.807) is 0 Å². The van der Waals surface area contributed by atoms with Crippen LogP contribution in [0.15, 0.2) is 5.16 Å². The Hall–Kier alpha value is -1.86. The van der Waals surface area contributed by atoms with Gasteiger partial charge in [-0.05, 0) is 0 Å². The molecule has 0 spiro atoms. The maximum absolute atomic E-state index is 11.5. The van der Waals surface area contributed by atoms with Crippen LogP contribution >= 0.6 is 0 Å². The molecule has 0 aromatic heterocycles. The number of hydrogen-bond donors (Lipinski definition) is 2. The predicted octanol–water partition coefficient (Wildman–Crippen LogP) is -0.162. The van der Waals surface area contributed by atoms with E-state index in [0.29, 0.717) is 0 Å². The third-order valence-corrected chi connectivity index (χ3v) is 2.24. The monoisotopic (exact) mass is 233 g/mol. The Morgan fingerprint density at radius 2 is 2.12 bits per heavy atom. The summed E-state index contributed by atoms with van der Waals surface area (Å²) in [6.45, 7) is 2.49. The molecule has 0 fully saturated rings. The second kappa shape index (κ2) is 5.29. The van der Waals surface area contributed by atoms with E-state index < -0.39 is 28.2 Å². The standard InChI is InChI=1S/C8H15N3O5/c1-8(2,11(14)15)5(6(12)9-3)7(10-13)16-4/h5,13H,1-4H3,(H,9,12). The summed E-state index contributed by atoms with van der Waals surface area (Å²) < 4.78 is 4.66. The van der Waals surface area contributed by atoms with Crippen LogP contribution in [-0.4, -0.2) is 41.6 Å². The van der Waals surface area contributed by atoms with Gasteiger partial charge in [0.15, 0.2) is 5.92 Å². The number of rotatable bonds is 4. The van der Waals surface area contributed by atoms with Gasteiger partial charge in [0.2, 0.25) is 17.3 Å². The molecule has 1 unspecified atom stereocenters. The average Bonchev–Trinajstić information content (AvgIpc) is 2.24. The van der Waals surface area contributed by atoms with Crippen LogP contribution in [0.1, 0.15) is 13.8 Å². The molecule has 0 aromatic carbocycles. The van der Waals surface area contributed by atoms with Gasteiger partial charge in [-0.2, -0.15) is 0 Å². The number of nitrogens with zero attached hydrogens (tertiary/aromatic N) is 2. The number of carbonyl (C=O) groups is 1. The first kappa shape index (κ1) is 14.1. The fourth-order valence-electron chi connectivity index (χ4n) is 1.20. The maximum atomic E-state index is 11.5. The zero-order chi connectivity index (χ0) is 12.9. The summed E-state index contributed by atoms with van der Waals surface area (Å²) in [5.74, 6) is -2.36. The van der Waals surface area contributed by atoms with Gasteiger partial charge in [0.25, 0.3) is 0 Å². The van der Waals surface area contributed by atoms with Crippen LogP contribution in [0.5, 0.6) is 0 Å². The highest BCUT2D eigenvalue weighted by Crippen LogP contribution is 2.22. The van der Waals surface area contributed by atoms with E-state index in [1.807, 2.05) is 0 Å². The van der Waals surface area contributed by atoms with E-state index in [2.05, 4.69) is 15.2 Å². The lowest BCUT2D eigenvalue weighted by Crippen LogP contribution is -2.51. The Balaban J connectivity index is 5.42. The molecule has 1 atom stereocenters. The van der Waals surface area contributed by atoms with Crippen LogP contribution in [0.2, 0.25) is 0 Å². The molecule has 92 valence electrons. The molecule has 0 saturated carbocycles. The minimum Gasteiger partial charge on any atom is -0.481 e. The molecule has 0 bridgehead atoms. The lowest BCUT2D eigenvalue weighted by Gasteiger charge is -2.24. The highest BCUT2D eigenvalue weighted by Gasteiger charge is 2.49. The molecule has 2 N–H and O–H groups in total.